The van der Waals surface area contributed by atoms with Gasteiger partial charge >= 0.3 is 5.69 Å². The maximum atomic E-state index is 12.5. The molecule has 0 aliphatic carbocycles. The van der Waals surface area contributed by atoms with E-state index in [2.05, 4.69) is 0 Å². The topological polar surface area (TPSA) is 63.4 Å². The van der Waals surface area contributed by atoms with Crippen molar-refractivity contribution in [2.75, 3.05) is 0 Å². The van der Waals surface area contributed by atoms with E-state index in [9.17, 15) is 14.5 Å². The summed E-state index contributed by atoms with van der Waals surface area (Å²) < 4.78 is 12.5. The summed E-state index contributed by atoms with van der Waals surface area (Å²) in [5.41, 5.74) is -0.718. The Kier molecular flexibility index (Phi) is 1.72. The summed E-state index contributed by atoms with van der Waals surface area (Å²) >= 11 is 0. The largest absolute Gasteiger partial charge is 0.508 e. The van der Waals surface area contributed by atoms with Crippen LogP contribution in [0.3, 0.4) is 0 Å². The summed E-state index contributed by atoms with van der Waals surface area (Å²) in [6.07, 6.45) is 0. The zero-order chi connectivity index (χ0) is 8.43. The van der Waals surface area contributed by atoms with Gasteiger partial charge in [0, 0.05) is 0 Å². The lowest BCUT2D eigenvalue weighted by atomic mass is 10.3. The lowest BCUT2D eigenvalue weighted by Crippen LogP contribution is -1.90. The van der Waals surface area contributed by atoms with Crippen molar-refractivity contribution >= 4 is 5.69 Å². The third-order valence-corrected chi connectivity index (χ3v) is 1.13. The minimum atomic E-state index is -0.951. The van der Waals surface area contributed by atoms with E-state index in [1.165, 1.54) is 0 Å². The van der Waals surface area contributed by atoms with Gasteiger partial charge in [-0.05, 0) is 12.1 Å². The first-order valence-corrected chi connectivity index (χ1v) is 2.74. The van der Waals surface area contributed by atoms with Crippen LogP contribution < -0.4 is 0 Å². The molecule has 0 radical (unpaired) electrons. The van der Waals surface area contributed by atoms with E-state index in [4.69, 9.17) is 5.11 Å². The van der Waals surface area contributed by atoms with E-state index >= 15 is 0 Å². The number of aromatic hydroxyl groups is 1. The highest BCUT2D eigenvalue weighted by molar-refractivity contribution is 5.38. The summed E-state index contributed by atoms with van der Waals surface area (Å²) in [6, 6.07) is 2.64. The third kappa shape index (κ3) is 1.43. The van der Waals surface area contributed by atoms with Gasteiger partial charge in [-0.25, -0.2) is 0 Å². The molecule has 0 unspecified atom stereocenters. The number of benzene rings is 1. The molecule has 0 saturated carbocycles. The van der Waals surface area contributed by atoms with Crippen LogP contribution >= 0.6 is 0 Å². The zero-order valence-corrected chi connectivity index (χ0v) is 5.32. The molecule has 1 aromatic rings. The molecule has 0 fully saturated rings. The van der Waals surface area contributed by atoms with Crippen LogP contribution in [0.4, 0.5) is 10.1 Å². The number of nitro groups is 1. The Balaban J connectivity index is 3.23. The second-order valence-corrected chi connectivity index (χ2v) is 1.89. The van der Waals surface area contributed by atoms with Gasteiger partial charge in [-0.3, -0.25) is 10.1 Å². The van der Waals surface area contributed by atoms with Gasteiger partial charge in [-0.2, -0.15) is 4.39 Å². The SMILES string of the molecule is O=[N+]([O-])c1cc(O)ccc1F. The molecule has 0 spiro atoms. The lowest BCUT2D eigenvalue weighted by molar-refractivity contribution is -0.387. The number of hydrogen-bond acceptors (Lipinski definition) is 3. The molecule has 0 aliphatic heterocycles. The van der Waals surface area contributed by atoms with Crippen molar-refractivity contribution < 1.29 is 14.4 Å². The zero-order valence-electron chi connectivity index (χ0n) is 5.32. The van der Waals surface area contributed by atoms with Crippen molar-refractivity contribution in [1.82, 2.24) is 0 Å². The number of rotatable bonds is 1. The molecule has 58 valence electrons. The highest BCUT2D eigenvalue weighted by atomic mass is 19.1. The molecule has 0 amide bonds. The Morgan fingerprint density at radius 3 is 2.64 bits per heavy atom. The Bertz CT molecular complexity index is 300. The fourth-order valence-electron chi connectivity index (χ4n) is 0.641. The molecule has 4 nitrogen and oxygen atoms in total. The molecule has 0 heterocycles. The molecule has 1 rings (SSSR count). The Morgan fingerprint density at radius 2 is 2.18 bits per heavy atom. The maximum absolute atomic E-state index is 12.5. The first-order valence-electron chi connectivity index (χ1n) is 2.74. The predicted molar refractivity (Wildman–Crippen MR) is 34.7 cm³/mol. The molecule has 0 atom stereocenters. The summed E-state index contributed by atoms with van der Waals surface area (Å²) in [6.45, 7) is 0. The van der Waals surface area contributed by atoms with Crippen LogP contribution in [-0.4, -0.2) is 10.0 Å². The molecule has 0 aromatic heterocycles. The van der Waals surface area contributed by atoms with E-state index in [-0.39, 0.29) is 5.75 Å². The molecular formula is C6H4FNO3. The average molecular weight is 157 g/mol. The summed E-state index contributed by atoms with van der Waals surface area (Å²) in [5.74, 6) is -1.27. The van der Waals surface area contributed by atoms with Crippen LogP contribution in [0.2, 0.25) is 0 Å². The predicted octanol–water partition coefficient (Wildman–Crippen LogP) is 1.44. The highest BCUT2D eigenvalue weighted by Crippen LogP contribution is 2.21. The molecule has 5 heteroatoms. The van der Waals surface area contributed by atoms with E-state index in [1.807, 2.05) is 0 Å². The van der Waals surface area contributed by atoms with Crippen LogP contribution in [0.1, 0.15) is 0 Å². The Hall–Kier alpha value is -1.65. The number of hydrogen-bond donors (Lipinski definition) is 1. The first kappa shape index (κ1) is 7.46. The van der Waals surface area contributed by atoms with Gasteiger partial charge in [-0.1, -0.05) is 0 Å². The monoisotopic (exact) mass is 157 g/mol. The second kappa shape index (κ2) is 2.53. The number of phenols is 1. The number of nitro benzene ring substituents is 1. The fraction of sp³-hybridized carbons (Fsp3) is 0. The van der Waals surface area contributed by atoms with E-state index < -0.39 is 16.4 Å². The molecule has 1 aromatic carbocycles. The minimum absolute atomic E-state index is 0.321. The van der Waals surface area contributed by atoms with Gasteiger partial charge in [0.25, 0.3) is 0 Å². The molecule has 0 bridgehead atoms. The van der Waals surface area contributed by atoms with Gasteiger partial charge in [0.1, 0.15) is 5.75 Å². The normalized spacial score (nSPS) is 9.55. The quantitative estimate of drug-likeness (QED) is 0.495. The molecule has 1 N–H and O–H groups in total. The van der Waals surface area contributed by atoms with Gasteiger partial charge in [0.2, 0.25) is 5.82 Å². The van der Waals surface area contributed by atoms with Crippen molar-refractivity contribution in [3.05, 3.63) is 34.1 Å². The van der Waals surface area contributed by atoms with Crippen LogP contribution in [0.25, 0.3) is 0 Å². The van der Waals surface area contributed by atoms with E-state index in [0.717, 1.165) is 18.2 Å². The van der Waals surface area contributed by atoms with Crippen LogP contribution in [0, 0.1) is 15.9 Å². The van der Waals surface area contributed by atoms with Crippen molar-refractivity contribution in [3.63, 3.8) is 0 Å². The minimum Gasteiger partial charge on any atom is -0.508 e. The van der Waals surface area contributed by atoms with Gasteiger partial charge < -0.3 is 5.11 Å². The van der Waals surface area contributed by atoms with E-state index in [1.54, 1.807) is 0 Å². The highest BCUT2D eigenvalue weighted by Gasteiger charge is 2.13. The maximum Gasteiger partial charge on any atom is 0.308 e. The second-order valence-electron chi connectivity index (χ2n) is 1.89. The van der Waals surface area contributed by atoms with Crippen LogP contribution in [0.5, 0.6) is 5.75 Å². The summed E-state index contributed by atoms with van der Waals surface area (Å²) in [4.78, 5) is 9.13. The molecule has 11 heavy (non-hydrogen) atoms. The fourth-order valence-corrected chi connectivity index (χ4v) is 0.641. The number of nitrogens with zero attached hydrogens (tertiary/aromatic N) is 1. The average Bonchev–Trinajstić information content (AvgIpc) is 1.94. The standard InChI is InChI=1S/C6H4FNO3/c7-5-2-1-4(9)3-6(5)8(10)11/h1-3,9H. The van der Waals surface area contributed by atoms with Gasteiger partial charge in [0.05, 0.1) is 11.0 Å². The summed E-state index contributed by atoms with van der Waals surface area (Å²) in [5, 5.41) is 18.7. The van der Waals surface area contributed by atoms with Crippen molar-refractivity contribution in [2.24, 2.45) is 0 Å². The van der Waals surface area contributed by atoms with E-state index in [0.29, 0.717) is 0 Å². The van der Waals surface area contributed by atoms with Crippen LogP contribution in [0.15, 0.2) is 18.2 Å². The van der Waals surface area contributed by atoms with Crippen LogP contribution in [-0.2, 0) is 0 Å². The third-order valence-electron chi connectivity index (χ3n) is 1.13. The van der Waals surface area contributed by atoms with Crippen molar-refractivity contribution in [2.45, 2.75) is 0 Å². The Labute approximate surface area is 61.0 Å². The van der Waals surface area contributed by atoms with Crippen molar-refractivity contribution in [1.29, 1.82) is 0 Å². The lowest BCUT2D eigenvalue weighted by Gasteiger charge is -1.93. The van der Waals surface area contributed by atoms with Gasteiger partial charge in [-0.15, -0.1) is 0 Å². The Morgan fingerprint density at radius 1 is 1.55 bits per heavy atom. The number of phenolic OH excluding ortho intramolecular Hbond substituents is 1. The summed E-state index contributed by atoms with van der Waals surface area (Å²) in [7, 11) is 0. The van der Waals surface area contributed by atoms with Gasteiger partial charge in [0.15, 0.2) is 0 Å². The molecular weight excluding hydrogens is 153 g/mol. The smallest absolute Gasteiger partial charge is 0.308 e. The van der Waals surface area contributed by atoms with Crippen molar-refractivity contribution in [3.8, 4) is 5.75 Å². The first-order chi connectivity index (χ1) is 5.11. The molecule has 0 saturated heterocycles. The number of halogens is 1. The molecule has 0 aliphatic rings.